The zero-order valence-electron chi connectivity index (χ0n) is 19.4. The number of aryl methyl sites for hydroxylation is 2. The van der Waals surface area contributed by atoms with Crippen LogP contribution in [-0.4, -0.2) is 52.4 Å². The number of carbonyl (C=O) groups excluding carboxylic acids is 1. The third-order valence-electron chi connectivity index (χ3n) is 5.26. The third kappa shape index (κ3) is 4.89. The molecule has 190 valence electrons. The SMILES string of the molecule is CCn1c(CO)nn(-c2nc(OC(C)C(F)(F)F)c(C(=O)Nc3c(C)nn(C)c3C)cc2F)c1=O. The second-order valence-electron chi connectivity index (χ2n) is 7.58. The smallest absolute Gasteiger partial charge is 0.425 e. The second-order valence-corrected chi connectivity index (χ2v) is 7.58. The summed E-state index contributed by atoms with van der Waals surface area (Å²) in [6.45, 7) is 4.93. The van der Waals surface area contributed by atoms with Crippen LogP contribution in [0, 0.1) is 19.7 Å². The molecule has 3 heterocycles. The average molecular weight is 501 g/mol. The number of pyridine rings is 1. The maximum absolute atomic E-state index is 15.1. The number of anilines is 1. The lowest BCUT2D eigenvalue weighted by Crippen LogP contribution is -2.33. The molecular formula is C20H23F4N7O4. The summed E-state index contributed by atoms with van der Waals surface area (Å²) in [4.78, 5) is 29.3. The summed E-state index contributed by atoms with van der Waals surface area (Å²) in [5.41, 5.74) is -0.294. The molecule has 35 heavy (non-hydrogen) atoms. The molecule has 15 heteroatoms. The molecule has 0 bridgehead atoms. The fourth-order valence-electron chi connectivity index (χ4n) is 3.24. The van der Waals surface area contributed by atoms with Crippen molar-refractivity contribution in [3.8, 4) is 11.7 Å². The number of rotatable bonds is 7. The van der Waals surface area contributed by atoms with Crippen molar-refractivity contribution >= 4 is 11.6 Å². The number of carbonyl (C=O) groups is 1. The summed E-state index contributed by atoms with van der Waals surface area (Å²) < 4.78 is 62.5. The number of halogens is 4. The molecule has 1 unspecified atom stereocenters. The van der Waals surface area contributed by atoms with Gasteiger partial charge in [0.25, 0.3) is 5.91 Å². The number of alkyl halides is 3. The fraction of sp³-hybridized carbons (Fsp3) is 0.450. The van der Waals surface area contributed by atoms with Crippen LogP contribution in [0.2, 0.25) is 0 Å². The quantitative estimate of drug-likeness (QED) is 0.474. The van der Waals surface area contributed by atoms with Gasteiger partial charge in [0.1, 0.15) is 12.2 Å². The van der Waals surface area contributed by atoms with E-state index in [0.717, 1.165) is 4.57 Å². The first-order chi connectivity index (χ1) is 16.3. The number of nitrogens with one attached hydrogen (secondary N) is 1. The van der Waals surface area contributed by atoms with Gasteiger partial charge >= 0.3 is 11.9 Å². The van der Waals surface area contributed by atoms with Gasteiger partial charge in [0.2, 0.25) is 5.88 Å². The minimum atomic E-state index is -4.83. The Morgan fingerprint density at radius 1 is 1.29 bits per heavy atom. The molecule has 2 N–H and O–H groups in total. The number of aromatic nitrogens is 6. The Hall–Kier alpha value is -3.75. The molecule has 0 aromatic carbocycles. The molecule has 0 aliphatic heterocycles. The molecule has 3 aromatic heterocycles. The molecule has 0 spiro atoms. The Bertz CT molecular complexity index is 1330. The topological polar surface area (TPSA) is 129 Å². The van der Waals surface area contributed by atoms with Crippen LogP contribution in [0.3, 0.4) is 0 Å². The Labute approximate surface area is 196 Å². The summed E-state index contributed by atoms with van der Waals surface area (Å²) in [6.07, 6.45) is -7.25. The maximum Gasteiger partial charge on any atom is 0.425 e. The van der Waals surface area contributed by atoms with Gasteiger partial charge < -0.3 is 15.2 Å². The van der Waals surface area contributed by atoms with Crippen molar-refractivity contribution in [3.05, 3.63) is 45.1 Å². The predicted octanol–water partition coefficient (Wildman–Crippen LogP) is 2.01. The predicted molar refractivity (Wildman–Crippen MR) is 114 cm³/mol. The molecule has 0 aliphatic rings. The lowest BCUT2D eigenvalue weighted by atomic mass is 10.2. The van der Waals surface area contributed by atoms with E-state index in [-0.39, 0.29) is 18.1 Å². The van der Waals surface area contributed by atoms with Crippen LogP contribution >= 0.6 is 0 Å². The Morgan fingerprint density at radius 3 is 2.43 bits per heavy atom. The van der Waals surface area contributed by atoms with Crippen molar-refractivity contribution in [1.29, 1.82) is 0 Å². The number of aliphatic hydroxyl groups excluding tert-OH is 1. The molecule has 1 amide bonds. The van der Waals surface area contributed by atoms with Crippen molar-refractivity contribution in [3.63, 3.8) is 0 Å². The molecule has 3 aromatic rings. The van der Waals surface area contributed by atoms with Gasteiger partial charge in [-0.25, -0.2) is 9.18 Å². The van der Waals surface area contributed by atoms with Crippen molar-refractivity contribution in [2.45, 2.75) is 53.1 Å². The molecule has 0 radical (unpaired) electrons. The van der Waals surface area contributed by atoms with Crippen molar-refractivity contribution in [2.75, 3.05) is 5.32 Å². The van der Waals surface area contributed by atoms with Crippen molar-refractivity contribution in [2.24, 2.45) is 7.05 Å². The van der Waals surface area contributed by atoms with Gasteiger partial charge in [-0.05, 0) is 33.8 Å². The average Bonchev–Trinajstić information content (AvgIpc) is 3.23. The molecule has 3 rings (SSSR count). The van der Waals surface area contributed by atoms with Gasteiger partial charge in [-0.3, -0.25) is 14.0 Å². The van der Waals surface area contributed by atoms with E-state index in [1.54, 1.807) is 27.8 Å². The Kier molecular flexibility index (Phi) is 7.01. The normalized spacial score (nSPS) is 12.6. The van der Waals surface area contributed by atoms with Crippen LogP contribution in [0.4, 0.5) is 23.2 Å². The number of amides is 1. The standard InChI is InChI=1S/C20H23F4N7O4/c1-6-30-14(8-32)28-31(19(30)34)16-13(21)7-12(18(26-16)35-11(4)20(22,23)24)17(33)25-15-9(2)27-29(5)10(15)3/h7,11,32H,6,8H2,1-5H3,(H,25,33). The van der Waals surface area contributed by atoms with Crippen LogP contribution < -0.4 is 15.7 Å². The molecule has 0 fully saturated rings. The fourth-order valence-corrected chi connectivity index (χ4v) is 3.24. The van der Waals surface area contributed by atoms with E-state index in [1.165, 1.54) is 4.68 Å². The van der Waals surface area contributed by atoms with Gasteiger partial charge in [0.15, 0.2) is 23.6 Å². The zero-order valence-corrected chi connectivity index (χ0v) is 19.4. The number of aliphatic hydroxyl groups is 1. The van der Waals surface area contributed by atoms with Gasteiger partial charge in [-0.1, -0.05) is 0 Å². The van der Waals surface area contributed by atoms with Crippen LogP contribution in [0.25, 0.3) is 5.82 Å². The molecule has 1 atom stereocenters. The van der Waals surface area contributed by atoms with E-state index in [2.05, 4.69) is 20.5 Å². The Balaban J connectivity index is 2.15. The van der Waals surface area contributed by atoms with E-state index in [4.69, 9.17) is 4.74 Å². The number of hydrogen-bond donors (Lipinski definition) is 2. The molecule has 11 nitrogen and oxygen atoms in total. The van der Waals surface area contributed by atoms with Crippen LogP contribution in [-0.2, 0) is 20.2 Å². The van der Waals surface area contributed by atoms with Crippen LogP contribution in [0.15, 0.2) is 10.9 Å². The summed E-state index contributed by atoms with van der Waals surface area (Å²) >= 11 is 0. The monoisotopic (exact) mass is 501 g/mol. The lowest BCUT2D eigenvalue weighted by molar-refractivity contribution is -0.190. The van der Waals surface area contributed by atoms with E-state index in [0.29, 0.717) is 29.1 Å². The highest BCUT2D eigenvalue weighted by Gasteiger charge is 2.39. The number of nitrogens with zero attached hydrogens (tertiary/aromatic N) is 6. The second kappa shape index (κ2) is 9.48. The molecule has 0 saturated carbocycles. The van der Waals surface area contributed by atoms with Crippen molar-refractivity contribution in [1.82, 2.24) is 29.1 Å². The van der Waals surface area contributed by atoms with E-state index < -0.39 is 53.6 Å². The van der Waals surface area contributed by atoms with Crippen LogP contribution in [0.1, 0.15) is 41.4 Å². The zero-order chi connectivity index (χ0) is 26.2. The Morgan fingerprint density at radius 2 is 1.94 bits per heavy atom. The van der Waals surface area contributed by atoms with Gasteiger partial charge in [0.05, 0.1) is 17.1 Å². The third-order valence-corrected chi connectivity index (χ3v) is 5.26. The van der Waals surface area contributed by atoms with E-state index in [1.807, 2.05) is 0 Å². The highest BCUT2D eigenvalue weighted by molar-refractivity contribution is 6.06. The number of ether oxygens (including phenoxy) is 1. The highest BCUT2D eigenvalue weighted by atomic mass is 19.4. The van der Waals surface area contributed by atoms with Crippen LogP contribution in [0.5, 0.6) is 5.88 Å². The molecular weight excluding hydrogens is 478 g/mol. The maximum atomic E-state index is 15.1. The van der Waals surface area contributed by atoms with Gasteiger partial charge in [-0.2, -0.15) is 27.9 Å². The first-order valence-electron chi connectivity index (χ1n) is 10.4. The minimum absolute atomic E-state index is 0.0785. The summed E-state index contributed by atoms with van der Waals surface area (Å²) in [5.74, 6) is -4.02. The number of hydrogen-bond acceptors (Lipinski definition) is 7. The molecule has 0 saturated heterocycles. The van der Waals surface area contributed by atoms with Crippen molar-refractivity contribution < 1.29 is 32.2 Å². The summed E-state index contributed by atoms with van der Waals surface area (Å²) in [5, 5.41) is 19.8. The highest BCUT2D eigenvalue weighted by Crippen LogP contribution is 2.29. The summed E-state index contributed by atoms with van der Waals surface area (Å²) in [7, 11) is 1.63. The largest absolute Gasteiger partial charge is 0.464 e. The molecule has 0 aliphatic carbocycles. The minimum Gasteiger partial charge on any atom is -0.464 e. The summed E-state index contributed by atoms with van der Waals surface area (Å²) in [6, 6.07) is 0.604. The lowest BCUT2D eigenvalue weighted by Gasteiger charge is -2.19. The van der Waals surface area contributed by atoms with Gasteiger partial charge in [-0.15, -0.1) is 5.10 Å². The van der Waals surface area contributed by atoms with E-state index >= 15 is 4.39 Å². The van der Waals surface area contributed by atoms with Gasteiger partial charge in [0, 0.05) is 13.6 Å². The first kappa shape index (κ1) is 25.9. The first-order valence-corrected chi connectivity index (χ1v) is 10.4. The van der Waals surface area contributed by atoms with E-state index in [9.17, 15) is 27.9 Å².